The van der Waals surface area contributed by atoms with E-state index in [1.165, 1.54) is 32.1 Å². The number of rotatable bonds is 31. The van der Waals surface area contributed by atoms with E-state index in [-0.39, 0.29) is 25.6 Å². The summed E-state index contributed by atoms with van der Waals surface area (Å²) >= 11 is 0. The Labute approximate surface area is 285 Å². The van der Waals surface area contributed by atoms with Crippen molar-refractivity contribution in [3.63, 3.8) is 0 Å². The van der Waals surface area contributed by atoms with Gasteiger partial charge in [-0.05, 0) is 57.3 Å². The molecule has 47 heavy (non-hydrogen) atoms. The summed E-state index contributed by atoms with van der Waals surface area (Å²) in [7, 11) is -4.77. The molecule has 0 aliphatic heterocycles. The fourth-order valence-electron chi connectivity index (χ4n) is 4.68. The van der Waals surface area contributed by atoms with E-state index in [0.29, 0.717) is 25.7 Å². The molecule has 1 unspecified atom stereocenters. The van der Waals surface area contributed by atoms with Crippen LogP contribution in [0.3, 0.4) is 0 Å². The van der Waals surface area contributed by atoms with Crippen molar-refractivity contribution >= 4 is 19.8 Å². The normalized spacial score (nSPS) is 13.9. The van der Waals surface area contributed by atoms with Gasteiger partial charge in [0.1, 0.15) is 6.61 Å². The molecule has 0 aromatic heterocycles. The largest absolute Gasteiger partial charge is 0.469 e. The molecule has 0 aromatic carbocycles. The van der Waals surface area contributed by atoms with E-state index in [1.807, 2.05) is 18.2 Å². The van der Waals surface area contributed by atoms with Crippen molar-refractivity contribution in [3.8, 4) is 0 Å². The second kappa shape index (κ2) is 31.3. The van der Waals surface area contributed by atoms with E-state index in [1.54, 1.807) is 0 Å². The quantitative estimate of drug-likeness (QED) is 0.0282. The standard InChI is InChI=1S/C37H65O9P/c1-4-26-34(38)28-23-19-15-10-8-6-5-7-9-11-17-21-25-30-37(40)46-35(32-45-47(41,42)43)31-44-36(39)29-24-20-16-13-12-14-18-22-27-33(2)3/h5,7-8,10-11,17,19,23,33-35,38H,4,6,9,12-16,18,20-22,24-32H2,1-3H3,(H2,41,42,43)/b7-5-,10-8-,17-11-,23-19-/t34?,35-/m1/s1. The monoisotopic (exact) mass is 684 g/mol. The molecule has 10 heteroatoms. The zero-order valence-electron chi connectivity index (χ0n) is 29.4. The molecule has 9 nitrogen and oxygen atoms in total. The Bertz CT molecular complexity index is 936. The van der Waals surface area contributed by atoms with Crippen molar-refractivity contribution in [1.29, 1.82) is 0 Å². The number of aliphatic hydroxyl groups is 1. The molecule has 0 fully saturated rings. The van der Waals surface area contributed by atoms with Crippen LogP contribution in [0.25, 0.3) is 0 Å². The summed E-state index contributed by atoms with van der Waals surface area (Å²) in [6.45, 7) is 5.69. The minimum atomic E-state index is -4.77. The number of carbonyl (C=O) groups excluding carboxylic acids is 2. The smallest absolute Gasteiger partial charge is 0.462 e. The number of carbonyl (C=O) groups is 2. The highest BCUT2D eigenvalue weighted by Gasteiger charge is 2.22. The third-order valence-corrected chi connectivity index (χ3v) is 7.82. The van der Waals surface area contributed by atoms with Gasteiger partial charge in [0, 0.05) is 12.8 Å². The molecule has 0 saturated heterocycles. The molecule has 3 N–H and O–H groups in total. The predicted molar refractivity (Wildman–Crippen MR) is 190 cm³/mol. The minimum Gasteiger partial charge on any atom is -0.462 e. The molecular formula is C37H65O9P. The second-order valence-corrected chi connectivity index (χ2v) is 13.7. The minimum absolute atomic E-state index is 0.120. The summed E-state index contributed by atoms with van der Waals surface area (Å²) in [6.07, 6.45) is 32.0. The molecule has 0 spiro atoms. The van der Waals surface area contributed by atoms with Crippen LogP contribution in [0, 0.1) is 5.92 Å². The first-order valence-electron chi connectivity index (χ1n) is 17.9. The zero-order chi connectivity index (χ0) is 35.0. The van der Waals surface area contributed by atoms with Crippen LogP contribution in [0.1, 0.15) is 143 Å². The van der Waals surface area contributed by atoms with Crippen molar-refractivity contribution in [2.45, 2.75) is 155 Å². The van der Waals surface area contributed by atoms with Crippen molar-refractivity contribution in [2.24, 2.45) is 5.92 Å². The number of esters is 2. The van der Waals surface area contributed by atoms with Crippen molar-refractivity contribution in [1.82, 2.24) is 0 Å². The van der Waals surface area contributed by atoms with Crippen LogP contribution in [-0.4, -0.2) is 52.3 Å². The lowest BCUT2D eigenvalue weighted by molar-refractivity contribution is -0.161. The van der Waals surface area contributed by atoms with Crippen LogP contribution >= 0.6 is 7.82 Å². The second-order valence-electron chi connectivity index (χ2n) is 12.5. The van der Waals surface area contributed by atoms with E-state index in [2.05, 4.69) is 55.7 Å². The molecule has 0 radical (unpaired) electrons. The van der Waals surface area contributed by atoms with Crippen LogP contribution in [0.5, 0.6) is 0 Å². The third-order valence-electron chi connectivity index (χ3n) is 7.33. The van der Waals surface area contributed by atoms with Gasteiger partial charge in [-0.3, -0.25) is 14.1 Å². The topological polar surface area (TPSA) is 140 Å². The highest BCUT2D eigenvalue weighted by atomic mass is 31.2. The molecule has 0 saturated carbocycles. The number of unbranched alkanes of at least 4 members (excludes halogenated alkanes) is 8. The molecule has 0 rings (SSSR count). The number of ether oxygens (including phenoxy) is 2. The third kappa shape index (κ3) is 35.1. The van der Waals surface area contributed by atoms with E-state index in [9.17, 15) is 19.3 Å². The van der Waals surface area contributed by atoms with Gasteiger partial charge in [-0.1, -0.05) is 127 Å². The molecule has 272 valence electrons. The van der Waals surface area contributed by atoms with E-state index in [0.717, 1.165) is 57.3 Å². The lowest BCUT2D eigenvalue weighted by atomic mass is 10.0. The summed E-state index contributed by atoms with van der Waals surface area (Å²) in [6, 6.07) is 0. The Balaban J connectivity index is 4.14. The Hall–Kier alpha value is -2.03. The molecule has 0 aliphatic rings. The molecule has 0 bridgehead atoms. The maximum absolute atomic E-state index is 12.3. The first-order valence-corrected chi connectivity index (χ1v) is 19.4. The molecule has 0 aromatic rings. The average Bonchev–Trinajstić information content (AvgIpc) is 3.00. The van der Waals surface area contributed by atoms with Crippen molar-refractivity contribution in [2.75, 3.05) is 13.2 Å². The summed E-state index contributed by atoms with van der Waals surface area (Å²) < 4.78 is 26.2. The first-order chi connectivity index (χ1) is 22.5. The SMILES string of the molecule is CCCC(O)C/C=C\C/C=C\C/C=C\C/C=C\CCCC(=O)O[C@H](COC(=O)CCCCCCCCCCC(C)C)COP(=O)(O)O. The number of allylic oxidation sites excluding steroid dienone is 7. The van der Waals surface area contributed by atoms with Gasteiger partial charge < -0.3 is 24.4 Å². The lowest BCUT2D eigenvalue weighted by Gasteiger charge is -2.18. The Morgan fingerprint density at radius 1 is 0.681 bits per heavy atom. The van der Waals surface area contributed by atoms with Crippen molar-refractivity contribution in [3.05, 3.63) is 48.6 Å². The number of hydrogen-bond donors (Lipinski definition) is 3. The highest BCUT2D eigenvalue weighted by Crippen LogP contribution is 2.35. The van der Waals surface area contributed by atoms with Gasteiger partial charge in [0.25, 0.3) is 0 Å². The van der Waals surface area contributed by atoms with Gasteiger partial charge in [0.2, 0.25) is 0 Å². The van der Waals surface area contributed by atoms with Crippen LogP contribution in [0.2, 0.25) is 0 Å². The van der Waals surface area contributed by atoms with Crippen molar-refractivity contribution < 1.29 is 43.0 Å². The van der Waals surface area contributed by atoms with Crippen LogP contribution < -0.4 is 0 Å². The van der Waals surface area contributed by atoms with Gasteiger partial charge in [-0.2, -0.15) is 0 Å². The van der Waals surface area contributed by atoms with E-state index < -0.39 is 32.5 Å². The van der Waals surface area contributed by atoms with Gasteiger partial charge in [-0.15, -0.1) is 0 Å². The maximum Gasteiger partial charge on any atom is 0.469 e. The number of phosphoric ester groups is 1. The number of aliphatic hydroxyl groups excluding tert-OH is 1. The Kier molecular flexibility index (Phi) is 29.9. The fraction of sp³-hybridized carbons (Fsp3) is 0.730. The fourth-order valence-corrected chi connectivity index (χ4v) is 5.04. The van der Waals surface area contributed by atoms with Gasteiger partial charge in [0.05, 0.1) is 12.7 Å². The molecule has 2 atom stereocenters. The summed E-state index contributed by atoms with van der Waals surface area (Å²) in [5.74, 6) is -0.210. The lowest BCUT2D eigenvalue weighted by Crippen LogP contribution is -2.29. The number of phosphoric acid groups is 1. The number of hydrogen-bond acceptors (Lipinski definition) is 7. The Morgan fingerprint density at radius 2 is 1.21 bits per heavy atom. The maximum atomic E-state index is 12.3. The van der Waals surface area contributed by atoms with Gasteiger partial charge >= 0.3 is 19.8 Å². The average molecular weight is 685 g/mol. The van der Waals surface area contributed by atoms with Gasteiger partial charge in [0.15, 0.2) is 6.10 Å². The first kappa shape index (κ1) is 45.0. The summed E-state index contributed by atoms with van der Waals surface area (Å²) in [5, 5.41) is 9.69. The zero-order valence-corrected chi connectivity index (χ0v) is 30.3. The highest BCUT2D eigenvalue weighted by molar-refractivity contribution is 7.46. The molecule has 0 aliphatic carbocycles. The van der Waals surface area contributed by atoms with Gasteiger partial charge in [-0.25, -0.2) is 4.57 Å². The van der Waals surface area contributed by atoms with E-state index >= 15 is 0 Å². The van der Waals surface area contributed by atoms with Crippen LogP contribution in [-0.2, 0) is 28.2 Å². The van der Waals surface area contributed by atoms with E-state index in [4.69, 9.17) is 19.3 Å². The van der Waals surface area contributed by atoms with Crippen LogP contribution in [0.4, 0.5) is 0 Å². The predicted octanol–water partition coefficient (Wildman–Crippen LogP) is 9.22. The summed E-state index contributed by atoms with van der Waals surface area (Å²) in [5.41, 5.74) is 0. The summed E-state index contributed by atoms with van der Waals surface area (Å²) in [4.78, 5) is 42.6. The van der Waals surface area contributed by atoms with Crippen LogP contribution in [0.15, 0.2) is 48.6 Å². The molecular weight excluding hydrogens is 619 g/mol. The Morgan fingerprint density at radius 3 is 1.79 bits per heavy atom. The molecule has 0 heterocycles. The molecule has 0 amide bonds.